The Morgan fingerprint density at radius 2 is 2.00 bits per heavy atom. The van der Waals surface area contributed by atoms with Crippen LogP contribution in [-0.4, -0.2) is 29.6 Å². The molecule has 0 fully saturated rings. The SMILES string of the molecule is CCCN(NC(=O)[C@H](C)OCc1ccccc1)C(N)=O. The molecule has 0 spiro atoms. The van der Waals surface area contributed by atoms with Crippen LogP contribution in [0.2, 0.25) is 0 Å². The molecule has 0 aliphatic heterocycles. The van der Waals surface area contributed by atoms with Gasteiger partial charge < -0.3 is 10.5 Å². The third-order valence-electron chi connectivity index (χ3n) is 2.67. The third-order valence-corrected chi connectivity index (χ3v) is 2.67. The second kappa shape index (κ2) is 8.16. The predicted molar refractivity (Wildman–Crippen MR) is 75.4 cm³/mol. The molecule has 0 unspecified atom stereocenters. The molecule has 0 saturated carbocycles. The van der Waals surface area contributed by atoms with Crippen LogP contribution in [0.1, 0.15) is 25.8 Å². The zero-order valence-corrected chi connectivity index (χ0v) is 11.8. The average molecular weight is 279 g/mol. The van der Waals surface area contributed by atoms with Gasteiger partial charge in [-0.2, -0.15) is 0 Å². The van der Waals surface area contributed by atoms with Gasteiger partial charge in [0.25, 0.3) is 5.91 Å². The molecule has 1 aromatic rings. The van der Waals surface area contributed by atoms with Crippen molar-refractivity contribution in [2.24, 2.45) is 5.73 Å². The Morgan fingerprint density at radius 3 is 2.55 bits per heavy atom. The van der Waals surface area contributed by atoms with Crippen molar-refractivity contribution in [2.75, 3.05) is 6.54 Å². The molecule has 20 heavy (non-hydrogen) atoms. The highest BCUT2D eigenvalue weighted by atomic mass is 16.5. The molecule has 0 bridgehead atoms. The molecule has 0 saturated heterocycles. The fourth-order valence-electron chi connectivity index (χ4n) is 1.54. The van der Waals surface area contributed by atoms with Crippen molar-refractivity contribution < 1.29 is 14.3 Å². The van der Waals surface area contributed by atoms with Crippen LogP contribution in [0, 0.1) is 0 Å². The van der Waals surface area contributed by atoms with E-state index in [1.54, 1.807) is 6.92 Å². The smallest absolute Gasteiger partial charge is 0.333 e. The van der Waals surface area contributed by atoms with Gasteiger partial charge >= 0.3 is 6.03 Å². The Balaban J connectivity index is 2.44. The summed E-state index contributed by atoms with van der Waals surface area (Å²) in [6, 6.07) is 8.86. The number of amides is 3. The summed E-state index contributed by atoms with van der Waals surface area (Å²) in [6.07, 6.45) is 0.0246. The number of nitrogens with zero attached hydrogens (tertiary/aromatic N) is 1. The van der Waals surface area contributed by atoms with Gasteiger partial charge in [-0.15, -0.1) is 0 Å². The summed E-state index contributed by atoms with van der Waals surface area (Å²) in [5.74, 6) is -0.395. The number of urea groups is 1. The fraction of sp³-hybridized carbons (Fsp3) is 0.429. The Bertz CT molecular complexity index is 437. The number of hydrogen-bond acceptors (Lipinski definition) is 3. The van der Waals surface area contributed by atoms with Crippen LogP contribution in [0.15, 0.2) is 30.3 Å². The largest absolute Gasteiger partial charge is 0.364 e. The average Bonchev–Trinajstić information content (AvgIpc) is 2.45. The van der Waals surface area contributed by atoms with Gasteiger partial charge in [-0.3, -0.25) is 10.2 Å². The van der Waals surface area contributed by atoms with Crippen LogP contribution in [0.25, 0.3) is 0 Å². The molecule has 1 rings (SSSR count). The number of nitrogens with one attached hydrogen (secondary N) is 1. The molecular weight excluding hydrogens is 258 g/mol. The van der Waals surface area contributed by atoms with E-state index < -0.39 is 18.0 Å². The van der Waals surface area contributed by atoms with Gasteiger partial charge in [0.15, 0.2) is 0 Å². The van der Waals surface area contributed by atoms with Crippen molar-refractivity contribution in [2.45, 2.75) is 33.0 Å². The zero-order chi connectivity index (χ0) is 15.0. The molecule has 1 atom stereocenters. The van der Waals surface area contributed by atoms with Gasteiger partial charge in [0.1, 0.15) is 6.10 Å². The van der Waals surface area contributed by atoms with E-state index in [1.807, 2.05) is 37.3 Å². The fourth-order valence-corrected chi connectivity index (χ4v) is 1.54. The summed E-state index contributed by atoms with van der Waals surface area (Å²) in [4.78, 5) is 23.0. The van der Waals surface area contributed by atoms with E-state index in [-0.39, 0.29) is 0 Å². The molecule has 0 radical (unpaired) electrons. The van der Waals surface area contributed by atoms with Crippen molar-refractivity contribution in [3.05, 3.63) is 35.9 Å². The minimum absolute atomic E-state index is 0.333. The van der Waals surface area contributed by atoms with Gasteiger partial charge in [0.2, 0.25) is 0 Å². The first-order chi connectivity index (χ1) is 9.54. The van der Waals surface area contributed by atoms with E-state index in [2.05, 4.69) is 5.43 Å². The highest BCUT2D eigenvalue weighted by Crippen LogP contribution is 2.03. The normalized spacial score (nSPS) is 11.7. The number of nitrogens with two attached hydrogens (primary N) is 1. The molecule has 0 aliphatic carbocycles. The van der Waals surface area contributed by atoms with Crippen molar-refractivity contribution in [3.63, 3.8) is 0 Å². The van der Waals surface area contributed by atoms with Crippen LogP contribution in [0.3, 0.4) is 0 Å². The number of primary amides is 1. The molecule has 6 heteroatoms. The van der Waals surface area contributed by atoms with E-state index in [0.29, 0.717) is 19.6 Å². The monoisotopic (exact) mass is 279 g/mol. The lowest BCUT2D eigenvalue weighted by Gasteiger charge is -2.22. The van der Waals surface area contributed by atoms with Crippen LogP contribution in [0.5, 0.6) is 0 Å². The topological polar surface area (TPSA) is 84.7 Å². The van der Waals surface area contributed by atoms with Gasteiger partial charge in [0, 0.05) is 6.54 Å². The summed E-state index contributed by atoms with van der Waals surface area (Å²) in [7, 11) is 0. The Kier molecular flexibility index (Phi) is 6.52. The van der Waals surface area contributed by atoms with Gasteiger partial charge in [-0.25, -0.2) is 9.80 Å². The molecule has 0 heterocycles. The predicted octanol–water partition coefficient (Wildman–Crippen LogP) is 1.41. The van der Waals surface area contributed by atoms with Crippen LogP contribution in [-0.2, 0) is 16.1 Å². The van der Waals surface area contributed by atoms with Gasteiger partial charge in [-0.1, -0.05) is 37.3 Å². The number of ether oxygens (including phenoxy) is 1. The standard InChI is InChI=1S/C14H21N3O3/c1-3-9-17(14(15)19)16-13(18)11(2)20-10-12-7-5-4-6-8-12/h4-8,11H,3,9-10H2,1-2H3,(H2,15,19)(H,16,18)/t11-/m0/s1. The summed E-state index contributed by atoms with van der Waals surface area (Å²) in [6.45, 7) is 4.22. The first kappa shape index (κ1) is 16.0. The van der Waals surface area contributed by atoms with E-state index in [1.165, 1.54) is 0 Å². The molecule has 0 aromatic heterocycles. The highest BCUT2D eigenvalue weighted by Gasteiger charge is 2.18. The van der Waals surface area contributed by atoms with E-state index >= 15 is 0 Å². The first-order valence-corrected chi connectivity index (χ1v) is 6.57. The number of carbonyl (C=O) groups is 2. The van der Waals surface area contributed by atoms with Crippen molar-refractivity contribution >= 4 is 11.9 Å². The Labute approximate surface area is 118 Å². The Hall–Kier alpha value is -2.08. The minimum atomic E-state index is -0.685. The van der Waals surface area contributed by atoms with Crippen molar-refractivity contribution in [3.8, 4) is 0 Å². The molecule has 3 amide bonds. The van der Waals surface area contributed by atoms with E-state index in [9.17, 15) is 9.59 Å². The maximum absolute atomic E-state index is 11.9. The van der Waals surface area contributed by atoms with Crippen LogP contribution in [0.4, 0.5) is 4.79 Å². The van der Waals surface area contributed by atoms with Crippen molar-refractivity contribution in [1.29, 1.82) is 0 Å². The zero-order valence-electron chi connectivity index (χ0n) is 11.8. The number of benzene rings is 1. The van der Waals surface area contributed by atoms with Crippen molar-refractivity contribution in [1.82, 2.24) is 10.4 Å². The molecule has 3 N–H and O–H groups in total. The molecule has 0 aliphatic rings. The number of carbonyl (C=O) groups excluding carboxylic acids is 2. The Morgan fingerprint density at radius 1 is 1.35 bits per heavy atom. The lowest BCUT2D eigenvalue weighted by Crippen LogP contribution is -2.52. The summed E-state index contributed by atoms with van der Waals surface area (Å²) in [5.41, 5.74) is 8.60. The molecular formula is C14H21N3O3. The van der Waals surface area contributed by atoms with Crippen LogP contribution < -0.4 is 11.2 Å². The van der Waals surface area contributed by atoms with E-state index in [0.717, 1.165) is 10.6 Å². The first-order valence-electron chi connectivity index (χ1n) is 6.57. The highest BCUT2D eigenvalue weighted by molar-refractivity contribution is 5.83. The minimum Gasteiger partial charge on any atom is -0.364 e. The van der Waals surface area contributed by atoms with Crippen LogP contribution >= 0.6 is 0 Å². The number of hydrazine groups is 1. The third kappa shape index (κ3) is 5.27. The number of hydrogen-bond donors (Lipinski definition) is 2. The molecule has 110 valence electrons. The second-order valence-electron chi connectivity index (χ2n) is 4.40. The maximum atomic E-state index is 11.9. The summed E-state index contributed by atoms with van der Waals surface area (Å²) < 4.78 is 5.46. The van der Waals surface area contributed by atoms with E-state index in [4.69, 9.17) is 10.5 Å². The quantitative estimate of drug-likeness (QED) is 0.772. The summed E-state index contributed by atoms with van der Waals surface area (Å²) in [5, 5.41) is 1.09. The second-order valence-corrected chi connectivity index (χ2v) is 4.40. The summed E-state index contributed by atoms with van der Waals surface area (Å²) >= 11 is 0. The van der Waals surface area contributed by atoms with Gasteiger partial charge in [0.05, 0.1) is 6.61 Å². The lowest BCUT2D eigenvalue weighted by molar-refractivity contribution is -0.136. The molecule has 1 aromatic carbocycles. The lowest BCUT2D eigenvalue weighted by atomic mass is 10.2. The number of rotatable bonds is 6. The maximum Gasteiger partial charge on any atom is 0.333 e. The van der Waals surface area contributed by atoms with Gasteiger partial charge in [-0.05, 0) is 18.9 Å². The molecule has 6 nitrogen and oxygen atoms in total.